The standard InChI is InChI=1S/C23H20N6O/c1-14-6-3-4-9-19(14)29-17(10-16-8-5-7-15(2)20(16)23(29)30)12-28-22-18(11-27-28)21(24)25-13-26-22/h3-11,13H,12H2,1-2H3,(H2,24,25,26). The number of anilines is 1. The van der Waals surface area contributed by atoms with Crippen molar-refractivity contribution in [3.05, 3.63) is 88.2 Å². The van der Waals surface area contributed by atoms with Crippen LogP contribution in [0, 0.1) is 13.8 Å². The van der Waals surface area contributed by atoms with Gasteiger partial charge in [0.25, 0.3) is 5.56 Å². The second kappa shape index (κ2) is 6.81. The molecule has 7 heteroatoms. The minimum absolute atomic E-state index is 0.0412. The molecule has 0 aliphatic rings. The lowest BCUT2D eigenvalue weighted by Crippen LogP contribution is -2.25. The summed E-state index contributed by atoms with van der Waals surface area (Å²) in [6, 6.07) is 15.8. The van der Waals surface area contributed by atoms with Gasteiger partial charge in [-0.3, -0.25) is 9.36 Å². The van der Waals surface area contributed by atoms with Gasteiger partial charge in [0.1, 0.15) is 12.1 Å². The summed E-state index contributed by atoms with van der Waals surface area (Å²) in [6.07, 6.45) is 3.08. The Labute approximate surface area is 172 Å². The van der Waals surface area contributed by atoms with E-state index in [2.05, 4.69) is 15.1 Å². The molecule has 5 aromatic rings. The van der Waals surface area contributed by atoms with Gasteiger partial charge in [-0.2, -0.15) is 5.10 Å². The van der Waals surface area contributed by atoms with Gasteiger partial charge < -0.3 is 5.73 Å². The molecule has 2 aromatic carbocycles. The van der Waals surface area contributed by atoms with Crippen LogP contribution >= 0.6 is 0 Å². The highest BCUT2D eigenvalue weighted by molar-refractivity contribution is 5.86. The van der Waals surface area contributed by atoms with Crippen LogP contribution in [0.25, 0.3) is 27.5 Å². The molecule has 0 aliphatic carbocycles. The van der Waals surface area contributed by atoms with Gasteiger partial charge in [0.05, 0.1) is 29.2 Å². The molecular weight excluding hydrogens is 376 g/mol. The topological polar surface area (TPSA) is 91.6 Å². The number of benzene rings is 2. The molecule has 0 radical (unpaired) electrons. The Bertz CT molecular complexity index is 1480. The van der Waals surface area contributed by atoms with E-state index < -0.39 is 0 Å². The van der Waals surface area contributed by atoms with Crippen LogP contribution in [-0.4, -0.2) is 24.3 Å². The molecule has 0 spiro atoms. The van der Waals surface area contributed by atoms with Crippen LogP contribution in [0.3, 0.4) is 0 Å². The summed E-state index contributed by atoms with van der Waals surface area (Å²) in [6.45, 7) is 4.34. The summed E-state index contributed by atoms with van der Waals surface area (Å²) < 4.78 is 3.53. The molecule has 5 rings (SSSR count). The first-order valence-electron chi connectivity index (χ1n) is 9.67. The summed E-state index contributed by atoms with van der Waals surface area (Å²) in [7, 11) is 0. The molecule has 30 heavy (non-hydrogen) atoms. The zero-order chi connectivity index (χ0) is 20.8. The molecule has 3 aromatic heterocycles. The summed E-state index contributed by atoms with van der Waals surface area (Å²) in [4.78, 5) is 22.0. The fourth-order valence-corrected chi connectivity index (χ4v) is 3.96. The minimum atomic E-state index is -0.0412. The van der Waals surface area contributed by atoms with Crippen LogP contribution in [-0.2, 0) is 6.54 Å². The predicted molar refractivity (Wildman–Crippen MR) is 118 cm³/mol. The monoisotopic (exact) mass is 396 g/mol. The summed E-state index contributed by atoms with van der Waals surface area (Å²) in [5.41, 5.74) is 10.2. The maximum atomic E-state index is 13.7. The molecule has 3 heterocycles. The van der Waals surface area contributed by atoms with Gasteiger partial charge in [0.2, 0.25) is 0 Å². The quantitative estimate of drug-likeness (QED) is 0.505. The van der Waals surface area contributed by atoms with E-state index >= 15 is 0 Å². The number of aryl methyl sites for hydroxylation is 2. The lowest BCUT2D eigenvalue weighted by molar-refractivity contribution is 0.669. The molecular formula is C23H20N6O. The Kier molecular flexibility index (Phi) is 4.10. The van der Waals surface area contributed by atoms with Crippen LogP contribution in [0.4, 0.5) is 5.82 Å². The minimum Gasteiger partial charge on any atom is -0.383 e. The highest BCUT2D eigenvalue weighted by Gasteiger charge is 2.16. The number of nitrogen functional groups attached to an aromatic ring is 1. The fourth-order valence-electron chi connectivity index (χ4n) is 3.96. The fraction of sp³-hybridized carbons (Fsp3) is 0.130. The largest absolute Gasteiger partial charge is 0.383 e. The smallest absolute Gasteiger partial charge is 0.263 e. The second-order valence-corrected chi connectivity index (χ2v) is 7.40. The number of rotatable bonds is 3. The molecule has 0 atom stereocenters. The molecule has 0 saturated carbocycles. The van der Waals surface area contributed by atoms with Gasteiger partial charge in [-0.25, -0.2) is 14.6 Å². The number of nitrogens with two attached hydrogens (primary N) is 1. The number of aromatic nitrogens is 5. The van der Waals surface area contributed by atoms with Gasteiger partial charge in [-0.1, -0.05) is 36.4 Å². The van der Waals surface area contributed by atoms with Gasteiger partial charge in [0.15, 0.2) is 5.65 Å². The number of nitrogens with zero attached hydrogens (tertiary/aromatic N) is 5. The van der Waals surface area contributed by atoms with Crippen LogP contribution in [0.15, 0.2) is 65.8 Å². The average molecular weight is 396 g/mol. The molecule has 2 N–H and O–H groups in total. The molecule has 0 unspecified atom stereocenters. The zero-order valence-corrected chi connectivity index (χ0v) is 16.7. The van der Waals surface area contributed by atoms with Crippen LogP contribution in [0.2, 0.25) is 0 Å². The van der Waals surface area contributed by atoms with E-state index in [4.69, 9.17) is 5.73 Å². The number of para-hydroxylation sites is 1. The molecule has 0 saturated heterocycles. The van der Waals surface area contributed by atoms with Crippen molar-refractivity contribution < 1.29 is 0 Å². The van der Waals surface area contributed by atoms with Crippen LogP contribution in [0.1, 0.15) is 16.8 Å². The molecule has 0 amide bonds. The van der Waals surface area contributed by atoms with E-state index in [1.807, 2.05) is 62.4 Å². The van der Waals surface area contributed by atoms with Crippen molar-refractivity contribution in [1.82, 2.24) is 24.3 Å². The lowest BCUT2D eigenvalue weighted by atomic mass is 10.1. The maximum absolute atomic E-state index is 13.7. The van der Waals surface area contributed by atoms with Gasteiger partial charge in [-0.15, -0.1) is 0 Å². The van der Waals surface area contributed by atoms with Gasteiger partial charge in [0, 0.05) is 5.69 Å². The first-order chi connectivity index (χ1) is 14.5. The van der Waals surface area contributed by atoms with Crippen molar-refractivity contribution >= 4 is 27.6 Å². The third-order valence-corrected chi connectivity index (χ3v) is 5.46. The predicted octanol–water partition coefficient (Wildman–Crippen LogP) is 3.38. The molecule has 148 valence electrons. The van der Waals surface area contributed by atoms with Crippen molar-refractivity contribution in [3.63, 3.8) is 0 Å². The van der Waals surface area contributed by atoms with Crippen molar-refractivity contribution in [1.29, 1.82) is 0 Å². The molecule has 0 fully saturated rings. The Morgan fingerprint density at radius 2 is 1.80 bits per heavy atom. The number of hydrogen-bond acceptors (Lipinski definition) is 5. The van der Waals surface area contributed by atoms with Crippen molar-refractivity contribution in [2.24, 2.45) is 0 Å². The summed E-state index contributed by atoms with van der Waals surface area (Å²) >= 11 is 0. The third-order valence-electron chi connectivity index (χ3n) is 5.46. The number of fused-ring (bicyclic) bond motifs is 2. The maximum Gasteiger partial charge on any atom is 0.263 e. The highest BCUT2D eigenvalue weighted by atomic mass is 16.1. The first kappa shape index (κ1) is 18.1. The highest BCUT2D eigenvalue weighted by Crippen LogP contribution is 2.23. The van der Waals surface area contributed by atoms with E-state index in [9.17, 15) is 4.79 Å². The molecule has 0 bridgehead atoms. The Hall–Kier alpha value is -4.00. The third kappa shape index (κ3) is 2.75. The van der Waals surface area contributed by atoms with E-state index in [1.165, 1.54) is 6.33 Å². The normalized spacial score (nSPS) is 11.4. The van der Waals surface area contributed by atoms with Crippen LogP contribution < -0.4 is 11.3 Å². The second-order valence-electron chi connectivity index (χ2n) is 7.40. The van der Waals surface area contributed by atoms with E-state index in [0.717, 1.165) is 33.3 Å². The van der Waals surface area contributed by atoms with E-state index in [0.29, 0.717) is 23.4 Å². The summed E-state index contributed by atoms with van der Waals surface area (Å²) in [5.74, 6) is 0.386. The van der Waals surface area contributed by atoms with Crippen LogP contribution in [0.5, 0.6) is 0 Å². The average Bonchev–Trinajstić information content (AvgIpc) is 3.13. The van der Waals surface area contributed by atoms with E-state index in [1.54, 1.807) is 15.4 Å². The zero-order valence-electron chi connectivity index (χ0n) is 16.7. The number of pyridine rings is 1. The number of hydrogen-bond donors (Lipinski definition) is 1. The Balaban J connectivity index is 1.80. The van der Waals surface area contributed by atoms with Gasteiger partial charge in [-0.05, 0) is 42.5 Å². The van der Waals surface area contributed by atoms with Crippen molar-refractivity contribution in [2.45, 2.75) is 20.4 Å². The Morgan fingerprint density at radius 1 is 1.00 bits per heavy atom. The van der Waals surface area contributed by atoms with Crippen molar-refractivity contribution in [2.75, 3.05) is 5.73 Å². The molecule has 0 aliphatic heterocycles. The SMILES string of the molecule is Cc1ccccc1-n1c(Cn2ncc3c(N)ncnc32)cc2cccc(C)c2c1=O. The molecule has 7 nitrogen and oxygen atoms in total. The van der Waals surface area contributed by atoms with Crippen molar-refractivity contribution in [3.8, 4) is 5.69 Å². The summed E-state index contributed by atoms with van der Waals surface area (Å²) in [5, 5.41) is 6.78. The van der Waals surface area contributed by atoms with Gasteiger partial charge >= 0.3 is 0 Å². The lowest BCUT2D eigenvalue weighted by Gasteiger charge is -2.17. The Morgan fingerprint density at radius 3 is 2.63 bits per heavy atom. The first-order valence-corrected chi connectivity index (χ1v) is 9.67. The van der Waals surface area contributed by atoms with E-state index in [-0.39, 0.29) is 5.56 Å².